The van der Waals surface area contributed by atoms with Crippen LogP contribution >= 0.6 is 15.9 Å². The molecule has 1 aliphatic carbocycles. The van der Waals surface area contributed by atoms with E-state index in [4.69, 9.17) is 4.74 Å². The molecule has 0 aliphatic heterocycles. The third-order valence-corrected chi connectivity index (χ3v) is 5.71. The average Bonchev–Trinajstić information content (AvgIpc) is 2.46. The Labute approximate surface area is 132 Å². The largest absolute Gasteiger partial charge is 0.493 e. The second-order valence-electron chi connectivity index (χ2n) is 6.68. The summed E-state index contributed by atoms with van der Waals surface area (Å²) in [5.41, 5.74) is 2.95. The van der Waals surface area contributed by atoms with E-state index in [2.05, 4.69) is 54.9 Å². The number of alkyl halides is 1. The van der Waals surface area contributed by atoms with Crippen molar-refractivity contribution in [2.24, 2.45) is 5.41 Å². The molecule has 1 fully saturated rings. The van der Waals surface area contributed by atoms with Gasteiger partial charge in [0.25, 0.3) is 0 Å². The van der Waals surface area contributed by atoms with Crippen molar-refractivity contribution in [2.75, 3.05) is 11.9 Å². The smallest absolute Gasteiger partial charge is 0.123 e. The number of halogens is 1. The van der Waals surface area contributed by atoms with Crippen molar-refractivity contribution >= 4 is 15.9 Å². The van der Waals surface area contributed by atoms with Crippen LogP contribution in [0.15, 0.2) is 18.2 Å². The number of rotatable bonds is 5. The summed E-state index contributed by atoms with van der Waals surface area (Å²) in [5.74, 6) is 1.60. The standard InChI is InChI=1S/C18H27BrO/c1-14(2)16-8-7-15(3)11-17(16)20-13-18(12-19)9-5-4-6-10-18/h7-8,11,14H,4-6,9-10,12-13H2,1-3H3. The number of hydrogen-bond acceptors (Lipinski definition) is 1. The monoisotopic (exact) mass is 338 g/mol. The van der Waals surface area contributed by atoms with Crippen LogP contribution in [0.5, 0.6) is 5.75 Å². The van der Waals surface area contributed by atoms with Crippen LogP contribution in [-0.2, 0) is 0 Å². The molecular formula is C18H27BrO. The summed E-state index contributed by atoms with van der Waals surface area (Å²) in [5, 5.41) is 1.06. The molecule has 0 aromatic heterocycles. The highest BCUT2D eigenvalue weighted by Gasteiger charge is 2.32. The zero-order valence-corrected chi connectivity index (χ0v) is 14.6. The molecule has 20 heavy (non-hydrogen) atoms. The molecule has 0 amide bonds. The van der Waals surface area contributed by atoms with Crippen molar-refractivity contribution in [1.82, 2.24) is 0 Å². The van der Waals surface area contributed by atoms with E-state index in [9.17, 15) is 0 Å². The van der Waals surface area contributed by atoms with E-state index in [0.717, 1.165) is 17.7 Å². The zero-order chi connectivity index (χ0) is 14.6. The van der Waals surface area contributed by atoms with Crippen molar-refractivity contribution in [2.45, 2.75) is 58.8 Å². The summed E-state index contributed by atoms with van der Waals surface area (Å²) in [4.78, 5) is 0. The first kappa shape index (κ1) is 15.9. The molecule has 0 atom stereocenters. The number of aryl methyl sites for hydroxylation is 1. The van der Waals surface area contributed by atoms with Crippen LogP contribution in [0.3, 0.4) is 0 Å². The summed E-state index contributed by atoms with van der Waals surface area (Å²) in [6.07, 6.45) is 6.66. The molecular weight excluding hydrogens is 312 g/mol. The highest BCUT2D eigenvalue weighted by Crippen LogP contribution is 2.39. The molecule has 1 saturated carbocycles. The Morgan fingerprint density at radius 1 is 1.20 bits per heavy atom. The minimum absolute atomic E-state index is 0.343. The Hall–Kier alpha value is -0.500. The predicted octanol–water partition coefficient (Wildman–Crippen LogP) is 5.84. The summed E-state index contributed by atoms with van der Waals surface area (Å²) in [6.45, 7) is 7.45. The summed E-state index contributed by atoms with van der Waals surface area (Å²) in [7, 11) is 0. The van der Waals surface area contributed by atoms with Crippen molar-refractivity contribution in [3.63, 3.8) is 0 Å². The van der Waals surface area contributed by atoms with Gasteiger partial charge in [-0.15, -0.1) is 0 Å². The van der Waals surface area contributed by atoms with Crippen LogP contribution in [0.25, 0.3) is 0 Å². The maximum absolute atomic E-state index is 6.28. The molecule has 112 valence electrons. The molecule has 0 saturated heterocycles. The molecule has 2 rings (SSSR count). The van der Waals surface area contributed by atoms with E-state index < -0.39 is 0 Å². The van der Waals surface area contributed by atoms with E-state index >= 15 is 0 Å². The van der Waals surface area contributed by atoms with Gasteiger partial charge in [-0.05, 0) is 42.9 Å². The van der Waals surface area contributed by atoms with Crippen LogP contribution < -0.4 is 4.74 Å². The van der Waals surface area contributed by atoms with Crippen molar-refractivity contribution < 1.29 is 4.74 Å². The first-order valence-corrected chi connectivity index (χ1v) is 8.98. The maximum atomic E-state index is 6.28. The van der Waals surface area contributed by atoms with Gasteiger partial charge >= 0.3 is 0 Å². The van der Waals surface area contributed by atoms with Gasteiger partial charge in [0.2, 0.25) is 0 Å². The molecule has 2 heteroatoms. The van der Waals surface area contributed by atoms with Gasteiger partial charge in [0.15, 0.2) is 0 Å². The first-order valence-electron chi connectivity index (χ1n) is 7.86. The van der Waals surface area contributed by atoms with Gasteiger partial charge in [-0.1, -0.05) is 61.2 Å². The topological polar surface area (TPSA) is 9.23 Å². The quantitative estimate of drug-likeness (QED) is 0.612. The molecule has 1 aromatic carbocycles. The number of benzene rings is 1. The van der Waals surface area contributed by atoms with Gasteiger partial charge in [0.1, 0.15) is 5.75 Å². The Kier molecular flexibility index (Phi) is 5.54. The van der Waals surface area contributed by atoms with Crippen molar-refractivity contribution in [3.05, 3.63) is 29.3 Å². The third-order valence-electron chi connectivity index (χ3n) is 4.52. The van der Waals surface area contributed by atoms with Gasteiger partial charge in [-0.2, -0.15) is 0 Å². The average molecular weight is 339 g/mol. The van der Waals surface area contributed by atoms with Crippen LogP contribution in [0.1, 0.15) is 63.0 Å². The van der Waals surface area contributed by atoms with E-state index in [-0.39, 0.29) is 0 Å². The van der Waals surface area contributed by atoms with Gasteiger partial charge in [-0.3, -0.25) is 0 Å². The number of ether oxygens (including phenoxy) is 1. The van der Waals surface area contributed by atoms with Crippen LogP contribution in [-0.4, -0.2) is 11.9 Å². The lowest BCUT2D eigenvalue weighted by Crippen LogP contribution is -2.32. The molecule has 1 aromatic rings. The lowest BCUT2D eigenvalue weighted by atomic mass is 9.76. The molecule has 0 bridgehead atoms. The Morgan fingerprint density at radius 2 is 1.90 bits per heavy atom. The second-order valence-corrected chi connectivity index (χ2v) is 7.24. The van der Waals surface area contributed by atoms with Crippen LogP contribution in [0.2, 0.25) is 0 Å². The normalized spacial score (nSPS) is 18.2. The Bertz CT molecular complexity index is 433. The minimum atomic E-state index is 0.343. The lowest BCUT2D eigenvalue weighted by Gasteiger charge is -2.35. The Balaban J connectivity index is 2.11. The van der Waals surface area contributed by atoms with Crippen LogP contribution in [0, 0.1) is 12.3 Å². The van der Waals surface area contributed by atoms with Crippen LogP contribution in [0.4, 0.5) is 0 Å². The van der Waals surface area contributed by atoms with E-state index in [1.54, 1.807) is 0 Å². The fourth-order valence-corrected chi connectivity index (χ4v) is 3.82. The molecule has 0 radical (unpaired) electrons. The summed E-state index contributed by atoms with van der Waals surface area (Å²) in [6, 6.07) is 6.60. The highest BCUT2D eigenvalue weighted by molar-refractivity contribution is 9.09. The molecule has 0 spiro atoms. The zero-order valence-electron chi connectivity index (χ0n) is 13.0. The van der Waals surface area contributed by atoms with E-state index in [0.29, 0.717) is 11.3 Å². The molecule has 0 unspecified atom stereocenters. The molecule has 1 aliphatic rings. The van der Waals surface area contributed by atoms with Gasteiger partial charge < -0.3 is 4.74 Å². The maximum Gasteiger partial charge on any atom is 0.123 e. The lowest BCUT2D eigenvalue weighted by molar-refractivity contribution is 0.121. The first-order chi connectivity index (χ1) is 9.56. The van der Waals surface area contributed by atoms with Gasteiger partial charge in [0.05, 0.1) is 6.61 Å². The fraction of sp³-hybridized carbons (Fsp3) is 0.667. The van der Waals surface area contributed by atoms with E-state index in [1.807, 2.05) is 0 Å². The van der Waals surface area contributed by atoms with Crippen molar-refractivity contribution in [1.29, 1.82) is 0 Å². The molecule has 1 nitrogen and oxygen atoms in total. The Morgan fingerprint density at radius 3 is 2.50 bits per heavy atom. The summed E-state index contributed by atoms with van der Waals surface area (Å²) < 4.78 is 6.28. The van der Waals surface area contributed by atoms with E-state index in [1.165, 1.54) is 43.2 Å². The fourth-order valence-electron chi connectivity index (χ4n) is 3.09. The summed E-state index contributed by atoms with van der Waals surface area (Å²) >= 11 is 3.72. The molecule has 0 N–H and O–H groups in total. The second kappa shape index (κ2) is 6.98. The third kappa shape index (κ3) is 3.78. The predicted molar refractivity (Wildman–Crippen MR) is 90.1 cm³/mol. The SMILES string of the molecule is Cc1ccc(C(C)C)c(OCC2(CBr)CCCCC2)c1. The highest BCUT2D eigenvalue weighted by atomic mass is 79.9. The van der Waals surface area contributed by atoms with Gasteiger partial charge in [-0.25, -0.2) is 0 Å². The van der Waals surface area contributed by atoms with Crippen molar-refractivity contribution in [3.8, 4) is 5.75 Å². The number of hydrogen-bond donors (Lipinski definition) is 0. The molecule has 0 heterocycles. The minimum Gasteiger partial charge on any atom is -0.493 e. The van der Waals surface area contributed by atoms with Gasteiger partial charge in [0, 0.05) is 10.7 Å².